The van der Waals surface area contributed by atoms with E-state index in [0.717, 1.165) is 21.0 Å². The number of fused-ring (bicyclic) bond motifs is 1. The molecule has 0 aliphatic rings. The molecule has 1 heterocycles. The van der Waals surface area contributed by atoms with E-state index in [9.17, 15) is 4.79 Å². The molecule has 0 saturated carbocycles. The predicted molar refractivity (Wildman–Crippen MR) is 80.5 cm³/mol. The number of rotatable bonds is 4. The number of nitrogens with one attached hydrogen (secondary N) is 1. The molecule has 0 radical (unpaired) electrons. The van der Waals surface area contributed by atoms with Crippen LogP contribution >= 0.6 is 11.3 Å². The molecule has 1 atom stereocenters. The number of carbonyl (C=O) groups is 1. The van der Waals surface area contributed by atoms with Crippen LogP contribution in [0.4, 0.5) is 10.8 Å². The molecule has 2 rings (SSSR count). The summed E-state index contributed by atoms with van der Waals surface area (Å²) < 4.78 is 1.06. The average Bonchev–Trinajstić information content (AvgIpc) is 2.80. The number of hydrogen-bond acceptors (Lipinski definition) is 5. The van der Waals surface area contributed by atoms with Gasteiger partial charge in [-0.3, -0.25) is 4.79 Å². The van der Waals surface area contributed by atoms with Gasteiger partial charge in [-0.2, -0.15) is 0 Å². The van der Waals surface area contributed by atoms with Crippen molar-refractivity contribution in [3.05, 3.63) is 18.2 Å². The Hall–Kier alpha value is -1.82. The summed E-state index contributed by atoms with van der Waals surface area (Å²) in [5.41, 5.74) is 7.44. The van der Waals surface area contributed by atoms with E-state index in [0.29, 0.717) is 6.54 Å². The van der Waals surface area contributed by atoms with Crippen molar-refractivity contribution in [1.29, 1.82) is 0 Å². The number of nitrogen functional groups attached to an aromatic ring is 1. The van der Waals surface area contributed by atoms with Gasteiger partial charge in [0.1, 0.15) is 0 Å². The van der Waals surface area contributed by atoms with E-state index in [4.69, 9.17) is 5.73 Å². The van der Waals surface area contributed by atoms with Crippen LogP contribution < -0.4 is 16.0 Å². The van der Waals surface area contributed by atoms with Crippen LogP contribution in [0.2, 0.25) is 0 Å². The van der Waals surface area contributed by atoms with Crippen molar-refractivity contribution in [2.24, 2.45) is 5.92 Å². The molecule has 1 aromatic carbocycles. The first-order valence-electron chi connectivity index (χ1n) is 6.10. The van der Waals surface area contributed by atoms with Crippen molar-refractivity contribution in [2.45, 2.75) is 6.92 Å². The van der Waals surface area contributed by atoms with Crippen LogP contribution in [0.3, 0.4) is 0 Å². The van der Waals surface area contributed by atoms with E-state index in [1.165, 1.54) is 0 Å². The molecule has 0 bridgehead atoms. The fraction of sp³-hybridized carbons (Fsp3) is 0.385. The quantitative estimate of drug-likeness (QED) is 0.835. The van der Waals surface area contributed by atoms with Crippen molar-refractivity contribution in [3.8, 4) is 0 Å². The van der Waals surface area contributed by atoms with Gasteiger partial charge < -0.3 is 16.0 Å². The van der Waals surface area contributed by atoms with Gasteiger partial charge in [-0.05, 0) is 18.2 Å². The highest BCUT2D eigenvalue weighted by Gasteiger charge is 2.16. The van der Waals surface area contributed by atoms with Crippen LogP contribution in [0.5, 0.6) is 0 Å². The van der Waals surface area contributed by atoms with Gasteiger partial charge in [-0.25, -0.2) is 4.98 Å². The monoisotopic (exact) mass is 278 g/mol. The molecule has 5 nitrogen and oxygen atoms in total. The van der Waals surface area contributed by atoms with E-state index in [2.05, 4.69) is 10.3 Å². The SMILES string of the molecule is CNC(=O)C(C)CN(C)c1nc2ccc(N)cc2s1. The zero-order chi connectivity index (χ0) is 14.0. The third-order valence-electron chi connectivity index (χ3n) is 2.97. The Morgan fingerprint density at radius 2 is 2.32 bits per heavy atom. The molecule has 1 unspecified atom stereocenters. The van der Waals surface area contributed by atoms with Gasteiger partial charge in [0.25, 0.3) is 0 Å². The first-order valence-corrected chi connectivity index (χ1v) is 6.91. The summed E-state index contributed by atoms with van der Waals surface area (Å²) in [7, 11) is 3.60. The van der Waals surface area contributed by atoms with E-state index >= 15 is 0 Å². The smallest absolute Gasteiger partial charge is 0.224 e. The summed E-state index contributed by atoms with van der Waals surface area (Å²) in [5, 5.41) is 3.56. The number of anilines is 2. The highest BCUT2D eigenvalue weighted by molar-refractivity contribution is 7.22. The lowest BCUT2D eigenvalue weighted by Crippen LogP contribution is -2.34. The maximum atomic E-state index is 11.5. The Morgan fingerprint density at radius 3 is 3.00 bits per heavy atom. The highest BCUT2D eigenvalue weighted by atomic mass is 32.1. The summed E-state index contributed by atoms with van der Waals surface area (Å²) in [5.74, 6) is -0.0377. The molecular weight excluding hydrogens is 260 g/mol. The second-order valence-corrected chi connectivity index (χ2v) is 5.63. The Bertz CT molecular complexity index is 595. The van der Waals surface area contributed by atoms with Gasteiger partial charge >= 0.3 is 0 Å². The number of amides is 1. The topological polar surface area (TPSA) is 71.2 Å². The van der Waals surface area contributed by atoms with E-state index in [1.807, 2.05) is 37.1 Å². The van der Waals surface area contributed by atoms with Crippen molar-refractivity contribution < 1.29 is 4.79 Å². The van der Waals surface area contributed by atoms with E-state index in [1.54, 1.807) is 18.4 Å². The number of nitrogens with two attached hydrogens (primary N) is 1. The summed E-state index contributed by atoms with van der Waals surface area (Å²) in [6.07, 6.45) is 0. The lowest BCUT2D eigenvalue weighted by atomic mass is 10.1. The summed E-state index contributed by atoms with van der Waals surface area (Å²) >= 11 is 1.58. The molecule has 1 amide bonds. The maximum Gasteiger partial charge on any atom is 0.224 e. The molecule has 0 aliphatic carbocycles. The van der Waals surface area contributed by atoms with Gasteiger partial charge in [0, 0.05) is 26.3 Å². The molecule has 0 saturated heterocycles. The molecule has 0 fully saturated rings. The van der Waals surface area contributed by atoms with Crippen molar-refractivity contribution in [2.75, 3.05) is 31.3 Å². The van der Waals surface area contributed by atoms with Crippen LogP contribution in [0.1, 0.15) is 6.92 Å². The van der Waals surface area contributed by atoms with E-state index < -0.39 is 0 Å². The van der Waals surface area contributed by atoms with Crippen LogP contribution in [0.25, 0.3) is 10.2 Å². The third-order valence-corrected chi connectivity index (χ3v) is 4.10. The van der Waals surface area contributed by atoms with Crippen molar-refractivity contribution in [3.63, 3.8) is 0 Å². The standard InChI is InChI=1S/C13H18N4OS/c1-8(12(18)15-2)7-17(3)13-16-10-5-4-9(14)6-11(10)19-13/h4-6,8H,7,14H2,1-3H3,(H,15,18). The van der Waals surface area contributed by atoms with Crippen LogP contribution in [0.15, 0.2) is 18.2 Å². The second kappa shape index (κ2) is 5.44. The molecule has 0 aliphatic heterocycles. The fourth-order valence-electron chi connectivity index (χ4n) is 1.91. The number of carbonyl (C=O) groups excluding carboxylic acids is 1. The molecule has 102 valence electrons. The van der Waals surface area contributed by atoms with Crippen LogP contribution in [-0.4, -0.2) is 31.5 Å². The van der Waals surface area contributed by atoms with Gasteiger partial charge in [0.05, 0.1) is 16.1 Å². The van der Waals surface area contributed by atoms with Crippen molar-refractivity contribution >= 4 is 38.3 Å². The highest BCUT2D eigenvalue weighted by Crippen LogP contribution is 2.29. The number of nitrogens with zero attached hydrogens (tertiary/aromatic N) is 2. The number of benzene rings is 1. The first kappa shape index (κ1) is 13.6. The summed E-state index contributed by atoms with van der Waals surface area (Å²) in [6, 6.07) is 5.69. The Labute approximate surface area is 116 Å². The molecule has 3 N–H and O–H groups in total. The first-order chi connectivity index (χ1) is 9.01. The van der Waals surface area contributed by atoms with Crippen molar-refractivity contribution in [1.82, 2.24) is 10.3 Å². The molecule has 6 heteroatoms. The van der Waals surface area contributed by atoms with Gasteiger partial charge in [0.2, 0.25) is 5.91 Å². The normalized spacial score (nSPS) is 12.4. The zero-order valence-corrected chi connectivity index (χ0v) is 12.1. The lowest BCUT2D eigenvalue weighted by molar-refractivity contribution is -0.123. The molecule has 19 heavy (non-hydrogen) atoms. The third kappa shape index (κ3) is 2.96. The minimum atomic E-state index is -0.0768. The fourth-order valence-corrected chi connectivity index (χ4v) is 2.89. The van der Waals surface area contributed by atoms with E-state index in [-0.39, 0.29) is 11.8 Å². The number of aromatic nitrogens is 1. The Kier molecular flexibility index (Phi) is 3.90. The van der Waals surface area contributed by atoms with Crippen LogP contribution in [-0.2, 0) is 4.79 Å². The second-order valence-electron chi connectivity index (χ2n) is 4.62. The molecule has 0 spiro atoms. The minimum Gasteiger partial charge on any atom is -0.399 e. The molecular formula is C13H18N4OS. The van der Waals surface area contributed by atoms with Gasteiger partial charge in [0.15, 0.2) is 5.13 Å². The zero-order valence-electron chi connectivity index (χ0n) is 11.3. The largest absolute Gasteiger partial charge is 0.399 e. The summed E-state index contributed by atoms with van der Waals surface area (Å²) in [6.45, 7) is 2.54. The molecule has 2 aromatic rings. The lowest BCUT2D eigenvalue weighted by Gasteiger charge is -2.19. The number of hydrogen-bond donors (Lipinski definition) is 2. The Morgan fingerprint density at radius 1 is 1.58 bits per heavy atom. The van der Waals surface area contributed by atoms with Gasteiger partial charge in [-0.15, -0.1) is 0 Å². The average molecular weight is 278 g/mol. The summed E-state index contributed by atoms with van der Waals surface area (Å²) in [4.78, 5) is 18.1. The Balaban J connectivity index is 2.17. The maximum absolute atomic E-state index is 11.5. The number of thiazole rings is 1. The minimum absolute atomic E-state index is 0.0391. The van der Waals surface area contributed by atoms with Crippen LogP contribution in [0, 0.1) is 5.92 Å². The predicted octanol–water partition coefficient (Wildman–Crippen LogP) is 1.70. The molecule has 1 aromatic heterocycles. The van der Waals surface area contributed by atoms with Gasteiger partial charge in [-0.1, -0.05) is 18.3 Å².